The lowest BCUT2D eigenvalue weighted by Crippen LogP contribution is -2.42. The van der Waals surface area contributed by atoms with Crippen molar-refractivity contribution in [3.63, 3.8) is 0 Å². The van der Waals surface area contributed by atoms with E-state index in [1.807, 2.05) is 18.2 Å². The molecule has 1 N–H and O–H groups in total. The smallest absolute Gasteiger partial charge is 0.251 e. The highest BCUT2D eigenvalue weighted by Gasteiger charge is 2.48. The Bertz CT molecular complexity index is 1080. The van der Waals surface area contributed by atoms with Gasteiger partial charge in [0.25, 0.3) is 5.91 Å². The molecule has 33 heavy (non-hydrogen) atoms. The van der Waals surface area contributed by atoms with Gasteiger partial charge in [-0.25, -0.2) is 8.42 Å². The van der Waals surface area contributed by atoms with Crippen molar-refractivity contribution in [1.82, 2.24) is 10.2 Å². The second kappa shape index (κ2) is 10.5. The summed E-state index contributed by atoms with van der Waals surface area (Å²) in [5.41, 5.74) is 2.14. The number of hydrogen-bond acceptors (Lipinski definition) is 5. The van der Waals surface area contributed by atoms with Gasteiger partial charge in [0.1, 0.15) is 5.75 Å². The van der Waals surface area contributed by atoms with Crippen LogP contribution in [0.4, 0.5) is 0 Å². The van der Waals surface area contributed by atoms with E-state index in [1.54, 1.807) is 24.3 Å². The zero-order valence-electron chi connectivity index (χ0n) is 18.6. The molecule has 0 radical (unpaired) electrons. The zero-order chi connectivity index (χ0) is 23.3. The minimum absolute atomic E-state index is 0.171. The van der Waals surface area contributed by atoms with E-state index in [-0.39, 0.29) is 17.9 Å². The normalized spacial score (nSPS) is 20.7. The van der Waals surface area contributed by atoms with E-state index in [0.717, 1.165) is 19.3 Å². The van der Waals surface area contributed by atoms with Gasteiger partial charge in [-0.3, -0.25) is 9.59 Å². The molecule has 176 valence electrons. The molecule has 8 heteroatoms. The van der Waals surface area contributed by atoms with E-state index >= 15 is 0 Å². The largest absolute Gasteiger partial charge is 0.381 e. The molecule has 1 unspecified atom stereocenters. The fraction of sp³-hybridized carbons (Fsp3) is 0.440. The minimum atomic E-state index is -3.68. The van der Waals surface area contributed by atoms with Gasteiger partial charge in [-0.05, 0) is 55.4 Å². The van der Waals surface area contributed by atoms with E-state index in [0.29, 0.717) is 43.7 Å². The molecule has 0 saturated carbocycles. The quantitative estimate of drug-likeness (QED) is 0.599. The summed E-state index contributed by atoms with van der Waals surface area (Å²) in [6.45, 7) is 1.56. The zero-order valence-corrected chi connectivity index (χ0v) is 19.4. The van der Waals surface area contributed by atoms with Crippen molar-refractivity contribution in [2.24, 2.45) is 0 Å². The summed E-state index contributed by atoms with van der Waals surface area (Å²) in [4.78, 5) is 26.8. The van der Waals surface area contributed by atoms with Gasteiger partial charge in [-0.15, -0.1) is 0 Å². The Balaban J connectivity index is 1.40. The summed E-state index contributed by atoms with van der Waals surface area (Å²) < 4.78 is 31.1. The van der Waals surface area contributed by atoms with Crippen LogP contribution in [0, 0.1) is 0 Å². The topological polar surface area (TPSA) is 92.8 Å². The van der Waals surface area contributed by atoms with Gasteiger partial charge in [0.05, 0.1) is 0 Å². The first-order valence-electron chi connectivity index (χ1n) is 11.5. The standard InChI is InChI=1S/C25H30N2O5S/c28-23-18-33(30,31)25(27(23)22-12-15-32-16-13-22)21-11-6-10-20(17-21)24(29)26-14-5-4-9-19-7-2-1-3-8-19/h1-3,6-8,10-11,17,22,25H,4-5,9,12-16,18H2,(H,26,29). The van der Waals surface area contributed by atoms with E-state index in [4.69, 9.17) is 4.74 Å². The highest BCUT2D eigenvalue weighted by molar-refractivity contribution is 7.92. The third kappa shape index (κ3) is 5.62. The molecule has 2 saturated heterocycles. The molecule has 0 spiro atoms. The highest BCUT2D eigenvalue weighted by atomic mass is 32.2. The minimum Gasteiger partial charge on any atom is -0.381 e. The highest BCUT2D eigenvalue weighted by Crippen LogP contribution is 2.37. The summed E-state index contributed by atoms with van der Waals surface area (Å²) in [6.07, 6.45) is 4.00. The summed E-state index contributed by atoms with van der Waals surface area (Å²) in [5.74, 6) is -1.11. The summed E-state index contributed by atoms with van der Waals surface area (Å²) in [5, 5.41) is 1.87. The van der Waals surface area contributed by atoms with E-state index in [9.17, 15) is 18.0 Å². The van der Waals surface area contributed by atoms with Crippen molar-refractivity contribution >= 4 is 21.7 Å². The van der Waals surface area contributed by atoms with Crippen LogP contribution in [0.3, 0.4) is 0 Å². The predicted octanol–water partition coefficient (Wildman–Crippen LogP) is 2.87. The van der Waals surface area contributed by atoms with Gasteiger partial charge in [-0.1, -0.05) is 42.5 Å². The number of amides is 2. The molecule has 0 bridgehead atoms. The van der Waals surface area contributed by atoms with Gasteiger partial charge < -0.3 is 15.0 Å². The summed E-state index contributed by atoms with van der Waals surface area (Å²) >= 11 is 0. The molecule has 2 fully saturated rings. The van der Waals surface area contributed by atoms with Crippen LogP contribution < -0.4 is 5.32 Å². The first-order valence-corrected chi connectivity index (χ1v) is 13.2. The van der Waals surface area contributed by atoms with Crippen molar-refractivity contribution < 1.29 is 22.7 Å². The van der Waals surface area contributed by atoms with Gasteiger partial charge in [0, 0.05) is 31.4 Å². The fourth-order valence-electron chi connectivity index (χ4n) is 4.59. The summed E-state index contributed by atoms with van der Waals surface area (Å²) in [7, 11) is -3.68. The van der Waals surface area contributed by atoms with Crippen molar-refractivity contribution in [3.8, 4) is 0 Å². The Hall–Kier alpha value is -2.71. The van der Waals surface area contributed by atoms with Crippen molar-refractivity contribution in [2.45, 2.75) is 43.5 Å². The number of nitrogens with zero attached hydrogens (tertiary/aromatic N) is 1. The third-order valence-corrected chi connectivity index (χ3v) is 8.07. The van der Waals surface area contributed by atoms with Crippen molar-refractivity contribution in [1.29, 1.82) is 0 Å². The molecule has 2 aromatic carbocycles. The second-order valence-corrected chi connectivity index (χ2v) is 10.7. The van der Waals surface area contributed by atoms with Crippen LogP contribution in [0.5, 0.6) is 0 Å². The SMILES string of the molecule is O=C(NCCCCc1ccccc1)c1cccc(C2N(C3CCOCC3)C(=O)CS2(=O)=O)c1. The molecule has 2 aromatic rings. The first-order chi connectivity index (χ1) is 16.0. The number of rotatable bonds is 8. The monoisotopic (exact) mass is 470 g/mol. The first kappa shape index (κ1) is 23.4. The predicted molar refractivity (Wildman–Crippen MR) is 125 cm³/mol. The molecule has 2 heterocycles. The third-order valence-electron chi connectivity index (χ3n) is 6.24. The number of carbonyl (C=O) groups is 2. The lowest BCUT2D eigenvalue weighted by Gasteiger charge is -2.34. The lowest BCUT2D eigenvalue weighted by atomic mass is 10.0. The molecule has 7 nitrogen and oxygen atoms in total. The molecule has 2 aliphatic rings. The van der Waals surface area contributed by atoms with Gasteiger partial charge in [0.2, 0.25) is 5.91 Å². The lowest BCUT2D eigenvalue weighted by molar-refractivity contribution is -0.132. The van der Waals surface area contributed by atoms with Gasteiger partial charge in [0.15, 0.2) is 15.2 Å². The summed E-state index contributed by atoms with van der Waals surface area (Å²) in [6, 6.07) is 16.7. The van der Waals surface area contributed by atoms with Crippen molar-refractivity contribution in [2.75, 3.05) is 25.5 Å². The number of sulfone groups is 1. The molecule has 0 aromatic heterocycles. The molecule has 4 rings (SSSR count). The number of carbonyl (C=O) groups excluding carboxylic acids is 2. The Kier molecular flexibility index (Phi) is 7.45. The molecule has 2 amide bonds. The Morgan fingerprint density at radius 1 is 1.03 bits per heavy atom. The number of aryl methyl sites for hydroxylation is 1. The van der Waals surface area contributed by atoms with E-state index in [2.05, 4.69) is 17.4 Å². The Morgan fingerprint density at radius 2 is 1.79 bits per heavy atom. The van der Waals surface area contributed by atoms with Crippen LogP contribution in [0.2, 0.25) is 0 Å². The van der Waals surface area contributed by atoms with Crippen LogP contribution in [0.25, 0.3) is 0 Å². The number of benzene rings is 2. The Morgan fingerprint density at radius 3 is 2.55 bits per heavy atom. The van der Waals surface area contributed by atoms with Crippen LogP contribution >= 0.6 is 0 Å². The van der Waals surface area contributed by atoms with Crippen LogP contribution in [0.1, 0.15) is 52.5 Å². The van der Waals surface area contributed by atoms with E-state index < -0.39 is 21.0 Å². The molecular formula is C25H30N2O5S. The van der Waals surface area contributed by atoms with Gasteiger partial charge in [-0.2, -0.15) is 0 Å². The fourth-order valence-corrected chi connectivity index (χ4v) is 6.44. The Labute approximate surface area is 195 Å². The number of ether oxygens (including phenoxy) is 1. The maximum Gasteiger partial charge on any atom is 0.251 e. The van der Waals surface area contributed by atoms with E-state index in [1.165, 1.54) is 10.5 Å². The molecular weight excluding hydrogens is 440 g/mol. The average Bonchev–Trinajstić information content (AvgIpc) is 3.08. The number of nitrogens with one attached hydrogen (secondary N) is 1. The molecule has 1 atom stereocenters. The number of hydrogen-bond donors (Lipinski definition) is 1. The second-order valence-electron chi connectivity index (χ2n) is 8.63. The average molecular weight is 471 g/mol. The maximum absolute atomic E-state index is 12.9. The van der Waals surface area contributed by atoms with Crippen LogP contribution in [0.15, 0.2) is 54.6 Å². The van der Waals surface area contributed by atoms with Gasteiger partial charge >= 0.3 is 0 Å². The maximum atomic E-state index is 12.9. The van der Waals surface area contributed by atoms with Crippen LogP contribution in [-0.2, 0) is 25.8 Å². The van der Waals surface area contributed by atoms with Crippen LogP contribution in [-0.4, -0.2) is 56.7 Å². The number of unbranched alkanes of at least 4 members (excludes halogenated alkanes) is 1. The molecule has 0 aliphatic carbocycles. The molecule has 2 aliphatic heterocycles. The van der Waals surface area contributed by atoms with Crippen molar-refractivity contribution in [3.05, 3.63) is 71.3 Å².